The number of ketones is 1. The van der Waals surface area contributed by atoms with Gasteiger partial charge in [-0.2, -0.15) is 0 Å². The number of carbonyl (C=O) groups is 3. The van der Waals surface area contributed by atoms with Gasteiger partial charge in [0, 0.05) is 23.5 Å². The highest BCUT2D eigenvalue weighted by Crippen LogP contribution is 2.31. The molecule has 0 fully saturated rings. The van der Waals surface area contributed by atoms with Gasteiger partial charge in [-0.15, -0.1) is 0 Å². The van der Waals surface area contributed by atoms with Crippen LogP contribution in [-0.4, -0.2) is 53.9 Å². The highest BCUT2D eigenvalue weighted by atomic mass is 16.5. The lowest BCUT2D eigenvalue weighted by Crippen LogP contribution is -2.38. The Hall–Kier alpha value is -4.43. The maximum Gasteiger partial charge on any atom is 0.354 e. The molecule has 208 valence electrons. The largest absolute Gasteiger partial charge is 0.487 e. The first-order valence-corrected chi connectivity index (χ1v) is 13.3. The Morgan fingerprint density at radius 1 is 0.925 bits per heavy atom. The van der Waals surface area contributed by atoms with Gasteiger partial charge in [0.15, 0.2) is 5.78 Å². The molecule has 3 aromatic carbocycles. The Morgan fingerprint density at radius 2 is 1.60 bits per heavy atom. The van der Waals surface area contributed by atoms with E-state index in [4.69, 9.17) is 14.2 Å². The van der Waals surface area contributed by atoms with Crippen LogP contribution in [0.4, 0.5) is 0 Å². The average Bonchev–Trinajstić information content (AvgIpc) is 3.42. The molecule has 8 heteroatoms. The molecule has 0 saturated carbocycles. The molecule has 8 nitrogen and oxygen atoms in total. The number of aromatic nitrogens is 1. The topological polar surface area (TPSA) is 97.9 Å². The van der Waals surface area contributed by atoms with Crippen molar-refractivity contribution >= 4 is 28.6 Å². The number of fused-ring (bicyclic) bond motifs is 1. The molecule has 1 aromatic heterocycles. The Bertz CT molecular complexity index is 1450. The molecule has 40 heavy (non-hydrogen) atoms. The number of carbonyl (C=O) groups excluding carboxylic acids is 3. The summed E-state index contributed by atoms with van der Waals surface area (Å²) in [6.45, 7) is 4.73. The van der Waals surface area contributed by atoms with Crippen molar-refractivity contribution in [2.45, 2.75) is 39.5 Å². The SMILES string of the molecule is CCOC(=O)c1cc2c(C(=O)CN(Cc3ccccc3)C(C)CC(=O)OC)ccc(OCc3ccccc3)c2[nH]1. The van der Waals surface area contributed by atoms with Crippen molar-refractivity contribution in [1.29, 1.82) is 0 Å². The van der Waals surface area contributed by atoms with Gasteiger partial charge < -0.3 is 19.2 Å². The quantitative estimate of drug-likeness (QED) is 0.174. The molecule has 0 aliphatic carbocycles. The van der Waals surface area contributed by atoms with Crippen LogP contribution in [-0.2, 0) is 27.4 Å². The smallest absolute Gasteiger partial charge is 0.354 e. The zero-order chi connectivity index (χ0) is 28.5. The summed E-state index contributed by atoms with van der Waals surface area (Å²) in [7, 11) is 1.35. The van der Waals surface area contributed by atoms with Crippen LogP contribution in [0.3, 0.4) is 0 Å². The van der Waals surface area contributed by atoms with Crippen molar-refractivity contribution in [3.8, 4) is 5.75 Å². The van der Waals surface area contributed by atoms with E-state index < -0.39 is 5.97 Å². The zero-order valence-corrected chi connectivity index (χ0v) is 23.0. The number of Topliss-reactive ketones (excluding diaryl/α,β-unsaturated/α-hetero) is 1. The lowest BCUT2D eigenvalue weighted by molar-refractivity contribution is -0.141. The van der Waals surface area contributed by atoms with Gasteiger partial charge >= 0.3 is 11.9 Å². The number of ether oxygens (including phenoxy) is 3. The highest BCUT2D eigenvalue weighted by Gasteiger charge is 2.24. The number of hydrogen-bond acceptors (Lipinski definition) is 7. The molecule has 0 saturated heterocycles. The van der Waals surface area contributed by atoms with Gasteiger partial charge in [0.05, 0.1) is 32.2 Å². The van der Waals surface area contributed by atoms with E-state index >= 15 is 0 Å². The van der Waals surface area contributed by atoms with Crippen molar-refractivity contribution in [2.75, 3.05) is 20.3 Å². The summed E-state index contributed by atoms with van der Waals surface area (Å²) in [4.78, 5) is 43.4. The van der Waals surface area contributed by atoms with Gasteiger partial charge in [-0.05, 0) is 43.2 Å². The summed E-state index contributed by atoms with van der Waals surface area (Å²) in [5, 5.41) is 0.568. The number of rotatable bonds is 13. The minimum atomic E-state index is -0.511. The van der Waals surface area contributed by atoms with Crippen molar-refractivity contribution in [3.63, 3.8) is 0 Å². The third-order valence-corrected chi connectivity index (χ3v) is 6.68. The van der Waals surface area contributed by atoms with Crippen LogP contribution in [0, 0.1) is 0 Å². The van der Waals surface area contributed by atoms with Crippen LogP contribution >= 0.6 is 0 Å². The van der Waals surface area contributed by atoms with Crippen LogP contribution in [0.1, 0.15) is 52.2 Å². The summed E-state index contributed by atoms with van der Waals surface area (Å²) in [6.07, 6.45) is 0.148. The molecule has 0 radical (unpaired) electrons. The fourth-order valence-electron chi connectivity index (χ4n) is 4.52. The van der Waals surface area contributed by atoms with E-state index in [0.29, 0.717) is 35.4 Å². The second kappa shape index (κ2) is 13.6. The number of nitrogens with one attached hydrogen (secondary N) is 1. The van der Waals surface area contributed by atoms with Crippen LogP contribution in [0.5, 0.6) is 5.75 Å². The Balaban J connectivity index is 1.65. The van der Waals surface area contributed by atoms with E-state index in [9.17, 15) is 14.4 Å². The summed E-state index contributed by atoms with van der Waals surface area (Å²) in [5.41, 5.74) is 3.23. The molecule has 0 spiro atoms. The standard InChI is InChI=1S/C32H34N2O6/c1-4-39-32(37)27-18-26-25(15-16-29(31(26)33-27)40-21-24-13-9-6-10-14-24)28(35)20-34(22(2)17-30(36)38-3)19-23-11-7-5-8-12-23/h5-16,18,22,33H,4,17,19-21H2,1-3H3. The molecule has 1 unspecified atom stereocenters. The van der Waals surface area contributed by atoms with Crippen LogP contribution < -0.4 is 4.74 Å². The first-order chi connectivity index (χ1) is 19.4. The van der Waals surface area contributed by atoms with Gasteiger partial charge in [-0.25, -0.2) is 4.79 Å². The number of aromatic amines is 1. The summed E-state index contributed by atoms with van der Waals surface area (Å²) in [5.74, 6) is -0.485. The maximum absolute atomic E-state index is 13.8. The Kier molecular flexibility index (Phi) is 9.70. The van der Waals surface area contributed by atoms with E-state index in [-0.39, 0.29) is 43.1 Å². The number of benzene rings is 3. The fraction of sp³-hybridized carbons (Fsp3) is 0.281. The lowest BCUT2D eigenvalue weighted by Gasteiger charge is -2.28. The third-order valence-electron chi connectivity index (χ3n) is 6.68. The molecule has 1 N–H and O–H groups in total. The van der Waals surface area contributed by atoms with Crippen molar-refractivity contribution in [2.24, 2.45) is 0 Å². The molecular formula is C32H34N2O6. The van der Waals surface area contributed by atoms with E-state index in [0.717, 1.165) is 11.1 Å². The number of H-pyrrole nitrogens is 1. The van der Waals surface area contributed by atoms with Crippen molar-refractivity contribution in [3.05, 3.63) is 101 Å². The Labute approximate surface area is 233 Å². The van der Waals surface area contributed by atoms with Crippen molar-refractivity contribution in [1.82, 2.24) is 9.88 Å². The molecular weight excluding hydrogens is 508 g/mol. The highest BCUT2D eigenvalue weighted by molar-refractivity contribution is 6.11. The molecule has 4 rings (SSSR count). The van der Waals surface area contributed by atoms with E-state index in [2.05, 4.69) is 4.98 Å². The van der Waals surface area contributed by atoms with E-state index in [1.807, 2.05) is 72.5 Å². The molecule has 0 bridgehead atoms. The first kappa shape index (κ1) is 28.6. The molecule has 1 heterocycles. The maximum atomic E-state index is 13.8. The monoisotopic (exact) mass is 542 g/mol. The van der Waals surface area contributed by atoms with Gasteiger partial charge in [0.1, 0.15) is 18.1 Å². The van der Waals surface area contributed by atoms with Crippen LogP contribution in [0.25, 0.3) is 10.9 Å². The molecule has 0 amide bonds. The van der Waals surface area contributed by atoms with Gasteiger partial charge in [-0.1, -0.05) is 60.7 Å². The van der Waals surface area contributed by atoms with Gasteiger partial charge in [0.2, 0.25) is 0 Å². The van der Waals surface area contributed by atoms with Gasteiger partial charge in [0.25, 0.3) is 0 Å². The molecule has 4 aromatic rings. The Morgan fingerprint density at radius 3 is 2.25 bits per heavy atom. The van der Waals surface area contributed by atoms with Crippen LogP contribution in [0.2, 0.25) is 0 Å². The second-order valence-electron chi connectivity index (χ2n) is 9.52. The number of methoxy groups -OCH3 is 1. The summed E-state index contributed by atoms with van der Waals surface area (Å²) < 4.78 is 16.1. The molecule has 0 aliphatic rings. The predicted molar refractivity (Wildman–Crippen MR) is 152 cm³/mol. The summed E-state index contributed by atoms with van der Waals surface area (Å²) >= 11 is 0. The first-order valence-electron chi connectivity index (χ1n) is 13.3. The average molecular weight is 543 g/mol. The molecule has 1 atom stereocenters. The van der Waals surface area contributed by atoms with E-state index in [1.165, 1.54) is 7.11 Å². The predicted octanol–water partition coefficient (Wildman–Crippen LogP) is 5.56. The number of esters is 2. The lowest BCUT2D eigenvalue weighted by atomic mass is 10.0. The second-order valence-corrected chi connectivity index (χ2v) is 9.52. The van der Waals surface area contributed by atoms with E-state index in [1.54, 1.807) is 25.1 Å². The normalized spacial score (nSPS) is 11.8. The van der Waals surface area contributed by atoms with Crippen LogP contribution in [0.15, 0.2) is 78.9 Å². The number of nitrogens with zero attached hydrogens (tertiary/aromatic N) is 1. The zero-order valence-electron chi connectivity index (χ0n) is 23.0. The summed E-state index contributed by atoms with van der Waals surface area (Å²) in [6, 6.07) is 24.4. The minimum absolute atomic E-state index is 0.0618. The molecule has 0 aliphatic heterocycles. The van der Waals surface area contributed by atoms with Crippen molar-refractivity contribution < 1.29 is 28.6 Å². The van der Waals surface area contributed by atoms with Gasteiger partial charge in [-0.3, -0.25) is 14.5 Å². The fourth-order valence-corrected chi connectivity index (χ4v) is 4.52. The minimum Gasteiger partial charge on any atom is -0.487 e. The number of hydrogen-bond donors (Lipinski definition) is 1. The third kappa shape index (κ3) is 7.15.